The zero-order valence-corrected chi connectivity index (χ0v) is 13.9. The summed E-state index contributed by atoms with van der Waals surface area (Å²) in [5, 5.41) is 1.80. The fourth-order valence-corrected chi connectivity index (χ4v) is 3.88. The summed E-state index contributed by atoms with van der Waals surface area (Å²) in [5.74, 6) is 1.70. The molecule has 1 atom stereocenters. The van der Waals surface area contributed by atoms with Crippen LogP contribution in [0.1, 0.15) is 18.5 Å². The van der Waals surface area contributed by atoms with E-state index in [2.05, 4.69) is 33.8 Å². The summed E-state index contributed by atoms with van der Waals surface area (Å²) in [4.78, 5) is 9.00. The van der Waals surface area contributed by atoms with Gasteiger partial charge >= 0.3 is 0 Å². The second-order valence-electron chi connectivity index (χ2n) is 5.85. The van der Waals surface area contributed by atoms with Crippen LogP contribution in [-0.2, 0) is 0 Å². The van der Waals surface area contributed by atoms with E-state index in [4.69, 9.17) is 15.2 Å². The molecule has 1 aromatic carbocycles. The molecule has 2 aliphatic rings. The number of ether oxygens (including phenoxy) is 2. The molecule has 1 saturated heterocycles. The molecule has 1 fully saturated rings. The zero-order valence-electron chi connectivity index (χ0n) is 13.1. The van der Waals surface area contributed by atoms with E-state index in [0.717, 1.165) is 42.7 Å². The van der Waals surface area contributed by atoms with Gasteiger partial charge in [0.1, 0.15) is 5.00 Å². The maximum Gasteiger partial charge on any atom is 0.231 e. The zero-order chi connectivity index (χ0) is 15.8. The molecule has 0 aliphatic carbocycles. The molecule has 23 heavy (non-hydrogen) atoms. The minimum Gasteiger partial charge on any atom is -0.454 e. The molecule has 0 radical (unpaired) electrons. The van der Waals surface area contributed by atoms with Gasteiger partial charge in [0, 0.05) is 32.2 Å². The van der Waals surface area contributed by atoms with E-state index in [0.29, 0.717) is 18.0 Å². The van der Waals surface area contributed by atoms with Crippen molar-refractivity contribution in [3.63, 3.8) is 0 Å². The standard InChI is InChI=1S/C16H20N4O2S/c1-11(12-2-3-13-14(8-12)22-10-21-13)19-4-6-20(7-5-19)15-9-18-16(17)23-15/h2-3,8-9,11H,4-7,10H2,1H3,(H2,17,18). The van der Waals surface area contributed by atoms with Gasteiger partial charge in [0.15, 0.2) is 16.6 Å². The van der Waals surface area contributed by atoms with Crippen molar-refractivity contribution in [3.8, 4) is 11.5 Å². The number of rotatable bonds is 3. The van der Waals surface area contributed by atoms with E-state index in [-0.39, 0.29) is 0 Å². The maximum absolute atomic E-state index is 5.73. The minimum atomic E-state index is 0.323. The predicted molar refractivity (Wildman–Crippen MR) is 91.3 cm³/mol. The average molecular weight is 332 g/mol. The number of nitrogens with zero attached hydrogens (tertiary/aromatic N) is 3. The largest absolute Gasteiger partial charge is 0.454 e. The van der Waals surface area contributed by atoms with Crippen molar-refractivity contribution in [2.24, 2.45) is 0 Å². The molecular formula is C16H20N4O2S. The Morgan fingerprint density at radius 1 is 1.17 bits per heavy atom. The first-order valence-electron chi connectivity index (χ1n) is 7.80. The van der Waals surface area contributed by atoms with E-state index in [9.17, 15) is 0 Å². The molecule has 2 aromatic rings. The van der Waals surface area contributed by atoms with Gasteiger partial charge in [-0.3, -0.25) is 4.90 Å². The molecule has 1 aromatic heterocycles. The first kappa shape index (κ1) is 14.6. The second-order valence-corrected chi connectivity index (χ2v) is 6.89. The molecule has 122 valence electrons. The molecule has 1 unspecified atom stereocenters. The van der Waals surface area contributed by atoms with E-state index in [1.54, 1.807) is 11.3 Å². The summed E-state index contributed by atoms with van der Waals surface area (Å²) < 4.78 is 10.9. The third-order valence-electron chi connectivity index (χ3n) is 4.56. The molecule has 0 spiro atoms. The summed E-state index contributed by atoms with van der Waals surface area (Å²) in [7, 11) is 0. The Kier molecular flexibility index (Phi) is 3.74. The second kappa shape index (κ2) is 5.90. The highest BCUT2D eigenvalue weighted by molar-refractivity contribution is 7.19. The Morgan fingerprint density at radius 3 is 2.70 bits per heavy atom. The first-order chi connectivity index (χ1) is 11.2. The van der Waals surface area contributed by atoms with E-state index < -0.39 is 0 Å². The van der Waals surface area contributed by atoms with Crippen LogP contribution in [0.4, 0.5) is 10.1 Å². The lowest BCUT2D eigenvalue weighted by atomic mass is 10.1. The number of hydrogen-bond acceptors (Lipinski definition) is 7. The predicted octanol–water partition coefficient (Wildman–Crippen LogP) is 2.34. The minimum absolute atomic E-state index is 0.323. The monoisotopic (exact) mass is 332 g/mol. The third-order valence-corrected chi connectivity index (χ3v) is 5.45. The van der Waals surface area contributed by atoms with Gasteiger partial charge in [0.25, 0.3) is 0 Å². The Labute approximate surface area is 139 Å². The van der Waals surface area contributed by atoms with E-state index in [1.165, 1.54) is 5.56 Å². The van der Waals surface area contributed by atoms with Crippen molar-refractivity contribution in [3.05, 3.63) is 30.0 Å². The molecular weight excluding hydrogens is 312 g/mol. The fourth-order valence-electron chi connectivity index (χ4n) is 3.14. The SMILES string of the molecule is CC(c1ccc2c(c1)OCO2)N1CCN(c2cnc(N)s2)CC1. The van der Waals surface area contributed by atoms with Gasteiger partial charge in [0.05, 0.1) is 6.20 Å². The number of fused-ring (bicyclic) bond motifs is 1. The van der Waals surface area contributed by atoms with Crippen LogP contribution in [0, 0.1) is 0 Å². The highest BCUT2D eigenvalue weighted by atomic mass is 32.1. The number of hydrogen-bond donors (Lipinski definition) is 1. The topological polar surface area (TPSA) is 63.9 Å². The number of piperazine rings is 1. The van der Waals surface area contributed by atoms with Crippen molar-refractivity contribution >= 4 is 21.5 Å². The van der Waals surface area contributed by atoms with E-state index in [1.807, 2.05) is 12.3 Å². The van der Waals surface area contributed by atoms with Crippen LogP contribution >= 0.6 is 11.3 Å². The summed E-state index contributed by atoms with van der Waals surface area (Å²) >= 11 is 1.56. The third kappa shape index (κ3) is 2.82. The van der Waals surface area contributed by atoms with Gasteiger partial charge in [-0.25, -0.2) is 4.98 Å². The van der Waals surface area contributed by atoms with Crippen LogP contribution in [0.15, 0.2) is 24.4 Å². The van der Waals surface area contributed by atoms with Crippen molar-refractivity contribution in [1.29, 1.82) is 0 Å². The highest BCUT2D eigenvalue weighted by Crippen LogP contribution is 2.36. The molecule has 0 bridgehead atoms. The average Bonchev–Trinajstić information content (AvgIpc) is 3.22. The molecule has 6 nitrogen and oxygen atoms in total. The Hall–Kier alpha value is -1.99. The number of nitrogen functional groups attached to an aromatic ring is 1. The first-order valence-corrected chi connectivity index (χ1v) is 8.62. The lowest BCUT2D eigenvalue weighted by Gasteiger charge is -2.38. The lowest BCUT2D eigenvalue weighted by molar-refractivity contribution is 0.173. The van der Waals surface area contributed by atoms with Crippen LogP contribution in [0.2, 0.25) is 0 Å². The van der Waals surface area contributed by atoms with Crippen LogP contribution in [0.5, 0.6) is 11.5 Å². The van der Waals surface area contributed by atoms with Gasteiger partial charge < -0.3 is 20.1 Å². The fraction of sp³-hybridized carbons (Fsp3) is 0.438. The van der Waals surface area contributed by atoms with Gasteiger partial charge in [-0.15, -0.1) is 0 Å². The van der Waals surface area contributed by atoms with Crippen LogP contribution < -0.4 is 20.1 Å². The summed E-state index contributed by atoms with van der Waals surface area (Å²) in [5.41, 5.74) is 7.00. The summed E-state index contributed by atoms with van der Waals surface area (Å²) in [6, 6.07) is 6.60. The van der Waals surface area contributed by atoms with Crippen LogP contribution in [0.3, 0.4) is 0 Å². The van der Waals surface area contributed by atoms with Crippen molar-refractivity contribution in [2.75, 3.05) is 43.6 Å². The number of thiazole rings is 1. The van der Waals surface area contributed by atoms with Gasteiger partial charge in [-0.2, -0.15) is 0 Å². The smallest absolute Gasteiger partial charge is 0.231 e. The number of aromatic nitrogens is 1. The molecule has 2 aliphatic heterocycles. The lowest BCUT2D eigenvalue weighted by Crippen LogP contribution is -2.46. The van der Waals surface area contributed by atoms with Crippen LogP contribution in [0.25, 0.3) is 0 Å². The Morgan fingerprint density at radius 2 is 1.96 bits per heavy atom. The molecule has 0 saturated carbocycles. The van der Waals surface area contributed by atoms with Crippen LogP contribution in [-0.4, -0.2) is 42.9 Å². The highest BCUT2D eigenvalue weighted by Gasteiger charge is 2.24. The van der Waals surface area contributed by atoms with Gasteiger partial charge in [-0.05, 0) is 24.6 Å². The quantitative estimate of drug-likeness (QED) is 0.931. The normalized spacial score (nSPS) is 19.1. The van der Waals surface area contributed by atoms with Crippen molar-refractivity contribution in [2.45, 2.75) is 13.0 Å². The molecule has 7 heteroatoms. The summed E-state index contributed by atoms with van der Waals surface area (Å²) in [6.45, 7) is 6.61. The van der Waals surface area contributed by atoms with Crippen molar-refractivity contribution < 1.29 is 9.47 Å². The van der Waals surface area contributed by atoms with Crippen molar-refractivity contribution in [1.82, 2.24) is 9.88 Å². The molecule has 3 heterocycles. The maximum atomic E-state index is 5.73. The van der Waals surface area contributed by atoms with Gasteiger partial charge in [-0.1, -0.05) is 17.4 Å². The molecule has 0 amide bonds. The molecule has 4 rings (SSSR count). The molecule has 2 N–H and O–H groups in total. The number of benzene rings is 1. The number of anilines is 2. The van der Waals surface area contributed by atoms with Gasteiger partial charge in [0.2, 0.25) is 6.79 Å². The number of nitrogens with two attached hydrogens (primary N) is 1. The Balaban J connectivity index is 1.41. The Bertz CT molecular complexity index is 697. The summed E-state index contributed by atoms with van der Waals surface area (Å²) in [6.07, 6.45) is 1.87. The van der Waals surface area contributed by atoms with E-state index >= 15 is 0 Å².